The molecule has 0 amide bonds. The van der Waals surface area contributed by atoms with Crippen molar-refractivity contribution in [1.82, 2.24) is 0 Å². The number of rotatable bonds is 4. The van der Waals surface area contributed by atoms with Crippen molar-refractivity contribution in [3.05, 3.63) is 50.6 Å². The van der Waals surface area contributed by atoms with Crippen molar-refractivity contribution in [3.8, 4) is 5.75 Å². The molecular weight excluding hydrogens is 298 g/mol. The van der Waals surface area contributed by atoms with Crippen LogP contribution in [0, 0.1) is 0 Å². The molecule has 1 atom stereocenters. The van der Waals surface area contributed by atoms with Crippen molar-refractivity contribution >= 4 is 27.3 Å². The smallest absolute Gasteiger partial charge is 0.123 e. The molecular formula is C13H14BrNOS. The predicted molar refractivity (Wildman–Crippen MR) is 75.6 cm³/mol. The van der Waals surface area contributed by atoms with Gasteiger partial charge in [0.2, 0.25) is 0 Å². The lowest BCUT2D eigenvalue weighted by molar-refractivity contribution is 0.405. The van der Waals surface area contributed by atoms with Crippen LogP contribution in [0.1, 0.15) is 16.5 Å². The van der Waals surface area contributed by atoms with Crippen LogP contribution in [0.15, 0.2) is 40.2 Å². The van der Waals surface area contributed by atoms with Gasteiger partial charge in [-0.3, -0.25) is 0 Å². The molecule has 1 aromatic carbocycles. The van der Waals surface area contributed by atoms with E-state index in [0.29, 0.717) is 0 Å². The molecule has 2 aromatic rings. The van der Waals surface area contributed by atoms with Crippen molar-refractivity contribution in [1.29, 1.82) is 0 Å². The Hall–Kier alpha value is -0.840. The molecule has 1 heterocycles. The van der Waals surface area contributed by atoms with Gasteiger partial charge in [0.15, 0.2) is 0 Å². The molecule has 17 heavy (non-hydrogen) atoms. The van der Waals surface area contributed by atoms with Gasteiger partial charge < -0.3 is 10.5 Å². The molecule has 0 saturated heterocycles. The lowest BCUT2D eigenvalue weighted by Crippen LogP contribution is -2.13. The topological polar surface area (TPSA) is 35.2 Å². The summed E-state index contributed by atoms with van der Waals surface area (Å²) in [4.78, 5) is 1.27. The van der Waals surface area contributed by atoms with Crippen LogP contribution in [-0.4, -0.2) is 7.11 Å². The molecule has 2 rings (SSSR count). The fraction of sp³-hybridized carbons (Fsp3) is 0.231. The van der Waals surface area contributed by atoms with Crippen molar-refractivity contribution in [3.63, 3.8) is 0 Å². The summed E-state index contributed by atoms with van der Waals surface area (Å²) in [6.45, 7) is 0. The molecule has 0 spiro atoms. The highest BCUT2D eigenvalue weighted by molar-refractivity contribution is 9.10. The van der Waals surface area contributed by atoms with E-state index in [-0.39, 0.29) is 6.04 Å². The van der Waals surface area contributed by atoms with Gasteiger partial charge in [0.05, 0.1) is 7.11 Å². The zero-order valence-corrected chi connectivity index (χ0v) is 11.9. The zero-order valence-electron chi connectivity index (χ0n) is 9.52. The number of para-hydroxylation sites is 1. The summed E-state index contributed by atoms with van der Waals surface area (Å²) in [5.74, 6) is 0.857. The Bertz CT molecular complexity index is 498. The Kier molecular flexibility index (Phi) is 4.20. The molecule has 0 bridgehead atoms. The highest BCUT2D eigenvalue weighted by atomic mass is 79.9. The molecule has 0 aliphatic carbocycles. The molecule has 1 aromatic heterocycles. The van der Waals surface area contributed by atoms with Crippen LogP contribution in [0.4, 0.5) is 0 Å². The zero-order chi connectivity index (χ0) is 12.3. The third-order valence-electron chi connectivity index (χ3n) is 2.58. The first-order valence-electron chi connectivity index (χ1n) is 5.32. The second-order valence-electron chi connectivity index (χ2n) is 3.78. The Morgan fingerprint density at radius 2 is 2.18 bits per heavy atom. The van der Waals surface area contributed by atoms with E-state index in [1.807, 2.05) is 24.3 Å². The average Bonchev–Trinajstić information content (AvgIpc) is 2.74. The maximum atomic E-state index is 6.22. The van der Waals surface area contributed by atoms with E-state index in [1.54, 1.807) is 18.4 Å². The Labute approximate surface area is 114 Å². The highest BCUT2D eigenvalue weighted by Crippen LogP contribution is 2.28. The largest absolute Gasteiger partial charge is 0.496 e. The summed E-state index contributed by atoms with van der Waals surface area (Å²) >= 11 is 5.17. The molecule has 2 N–H and O–H groups in total. The molecule has 0 aliphatic rings. The van der Waals surface area contributed by atoms with Gasteiger partial charge in [-0.05, 0) is 28.1 Å². The number of hydrogen-bond donors (Lipinski definition) is 1. The van der Waals surface area contributed by atoms with E-state index in [2.05, 4.69) is 27.4 Å². The van der Waals surface area contributed by atoms with Crippen LogP contribution in [0.2, 0.25) is 0 Å². The molecule has 90 valence electrons. The minimum absolute atomic E-state index is 0.0308. The number of methoxy groups -OCH3 is 1. The molecule has 0 saturated carbocycles. The van der Waals surface area contributed by atoms with Gasteiger partial charge >= 0.3 is 0 Å². The lowest BCUT2D eigenvalue weighted by atomic mass is 10.0. The fourth-order valence-corrected chi connectivity index (χ4v) is 3.27. The summed E-state index contributed by atoms with van der Waals surface area (Å²) < 4.78 is 6.44. The number of thiophene rings is 1. The number of halogens is 1. The second kappa shape index (κ2) is 5.67. The normalized spacial score (nSPS) is 12.4. The van der Waals surface area contributed by atoms with Crippen LogP contribution < -0.4 is 10.5 Å². The maximum absolute atomic E-state index is 6.22. The minimum Gasteiger partial charge on any atom is -0.496 e. The molecule has 4 heteroatoms. The number of nitrogens with two attached hydrogens (primary N) is 1. The van der Waals surface area contributed by atoms with E-state index in [0.717, 1.165) is 22.2 Å². The molecule has 0 fully saturated rings. The molecule has 0 aliphatic heterocycles. The Morgan fingerprint density at radius 3 is 2.82 bits per heavy atom. The van der Waals surface area contributed by atoms with Crippen molar-refractivity contribution in [2.24, 2.45) is 5.73 Å². The maximum Gasteiger partial charge on any atom is 0.123 e. The summed E-state index contributed by atoms with van der Waals surface area (Å²) in [5, 5.41) is 2.07. The Balaban J connectivity index is 2.16. The predicted octanol–water partition coefficient (Wildman–Crippen LogP) is 3.76. The Morgan fingerprint density at radius 1 is 1.41 bits per heavy atom. The van der Waals surface area contributed by atoms with Crippen LogP contribution in [0.3, 0.4) is 0 Å². The summed E-state index contributed by atoms with van der Waals surface area (Å²) in [5.41, 5.74) is 7.28. The first-order chi connectivity index (χ1) is 8.20. The SMILES string of the molecule is COc1ccccc1C(N)Cc1cc(Br)cs1. The summed E-state index contributed by atoms with van der Waals surface area (Å²) in [6, 6.07) is 9.99. The van der Waals surface area contributed by atoms with Crippen LogP contribution >= 0.6 is 27.3 Å². The van der Waals surface area contributed by atoms with Crippen LogP contribution in [0.5, 0.6) is 5.75 Å². The third-order valence-corrected chi connectivity index (χ3v) is 4.30. The van der Waals surface area contributed by atoms with Crippen molar-refractivity contribution in [2.75, 3.05) is 7.11 Å². The first-order valence-corrected chi connectivity index (χ1v) is 6.99. The van der Waals surface area contributed by atoms with Gasteiger partial charge in [-0.2, -0.15) is 0 Å². The van der Waals surface area contributed by atoms with Crippen molar-refractivity contribution < 1.29 is 4.74 Å². The van der Waals surface area contributed by atoms with E-state index in [4.69, 9.17) is 10.5 Å². The average molecular weight is 312 g/mol. The number of hydrogen-bond acceptors (Lipinski definition) is 3. The van der Waals surface area contributed by atoms with E-state index < -0.39 is 0 Å². The summed E-state index contributed by atoms with van der Waals surface area (Å²) in [7, 11) is 1.67. The van der Waals surface area contributed by atoms with Gasteiger partial charge in [0.1, 0.15) is 5.75 Å². The van der Waals surface area contributed by atoms with Crippen LogP contribution in [0.25, 0.3) is 0 Å². The molecule has 1 unspecified atom stereocenters. The van der Waals surface area contributed by atoms with Gasteiger partial charge in [0, 0.05) is 32.8 Å². The number of ether oxygens (including phenoxy) is 1. The highest BCUT2D eigenvalue weighted by Gasteiger charge is 2.12. The van der Waals surface area contributed by atoms with Gasteiger partial charge in [-0.15, -0.1) is 11.3 Å². The second-order valence-corrected chi connectivity index (χ2v) is 5.70. The standard InChI is InChI=1S/C13H14BrNOS/c1-16-13-5-3-2-4-11(13)12(15)7-10-6-9(14)8-17-10/h2-6,8,12H,7,15H2,1H3. The van der Waals surface area contributed by atoms with Crippen LogP contribution in [-0.2, 0) is 6.42 Å². The van der Waals surface area contributed by atoms with Gasteiger partial charge in [0.25, 0.3) is 0 Å². The fourth-order valence-electron chi connectivity index (χ4n) is 1.76. The quantitative estimate of drug-likeness (QED) is 0.933. The lowest BCUT2D eigenvalue weighted by Gasteiger charge is -2.14. The third kappa shape index (κ3) is 3.09. The van der Waals surface area contributed by atoms with Crippen molar-refractivity contribution in [2.45, 2.75) is 12.5 Å². The van der Waals surface area contributed by atoms with Gasteiger partial charge in [-0.25, -0.2) is 0 Å². The van der Waals surface area contributed by atoms with E-state index in [9.17, 15) is 0 Å². The first kappa shape index (κ1) is 12.6. The van der Waals surface area contributed by atoms with Gasteiger partial charge in [-0.1, -0.05) is 18.2 Å². The van der Waals surface area contributed by atoms with E-state index in [1.165, 1.54) is 4.88 Å². The minimum atomic E-state index is -0.0308. The van der Waals surface area contributed by atoms with E-state index >= 15 is 0 Å². The summed E-state index contributed by atoms with van der Waals surface area (Å²) in [6.07, 6.45) is 0.830. The molecule has 0 radical (unpaired) electrons. The number of benzene rings is 1. The monoisotopic (exact) mass is 311 g/mol. The molecule has 2 nitrogen and oxygen atoms in total.